The topological polar surface area (TPSA) is 46.3 Å². The molecule has 7 heteroatoms. The lowest BCUT2D eigenvalue weighted by molar-refractivity contribution is -0.138. The Morgan fingerprint density at radius 1 is 1.07 bits per heavy atom. The first-order chi connectivity index (χ1) is 14.4. The molecular formula is C23H31N5OS. The van der Waals surface area contributed by atoms with Crippen molar-refractivity contribution in [3.05, 3.63) is 46.5 Å². The predicted octanol–water partition coefficient (Wildman–Crippen LogP) is 3.71. The number of hydrogen-bond acceptors (Lipinski definition) is 4. The first-order valence-electron chi connectivity index (χ1n) is 11.2. The van der Waals surface area contributed by atoms with Gasteiger partial charge in [0, 0.05) is 38.1 Å². The van der Waals surface area contributed by atoms with Crippen LogP contribution in [0.1, 0.15) is 62.9 Å². The van der Waals surface area contributed by atoms with E-state index < -0.39 is 5.41 Å². The SMILES string of the molecule is CC(C)(C(=O)N1CCN(Cn2nc(C3CC3)n(C3CC3)c2=S)CC1)c1ccccc1. The lowest BCUT2D eigenvalue weighted by atomic mass is 9.83. The zero-order valence-corrected chi connectivity index (χ0v) is 18.8. The molecule has 5 rings (SSSR count). The summed E-state index contributed by atoms with van der Waals surface area (Å²) in [6.45, 7) is 7.99. The van der Waals surface area contributed by atoms with Gasteiger partial charge in [-0.3, -0.25) is 9.69 Å². The number of nitrogens with zero attached hydrogens (tertiary/aromatic N) is 5. The summed E-state index contributed by atoms with van der Waals surface area (Å²) in [5.74, 6) is 2.03. The molecule has 1 saturated heterocycles. The van der Waals surface area contributed by atoms with Crippen LogP contribution in [0.5, 0.6) is 0 Å². The third-order valence-electron chi connectivity index (χ3n) is 6.77. The van der Waals surface area contributed by atoms with Gasteiger partial charge in [0.2, 0.25) is 5.91 Å². The van der Waals surface area contributed by atoms with Crippen molar-refractivity contribution in [3.8, 4) is 0 Å². The quantitative estimate of drug-likeness (QED) is 0.662. The van der Waals surface area contributed by atoms with E-state index in [1.54, 1.807) is 0 Å². The van der Waals surface area contributed by atoms with Crippen molar-refractivity contribution in [2.24, 2.45) is 0 Å². The van der Waals surface area contributed by atoms with E-state index >= 15 is 0 Å². The van der Waals surface area contributed by atoms with Crippen LogP contribution < -0.4 is 0 Å². The lowest BCUT2D eigenvalue weighted by Gasteiger charge is -2.38. The molecule has 0 unspecified atom stereocenters. The van der Waals surface area contributed by atoms with E-state index in [1.807, 2.05) is 53.8 Å². The summed E-state index contributed by atoms with van der Waals surface area (Å²) in [5, 5.41) is 4.91. The van der Waals surface area contributed by atoms with Gasteiger partial charge in [-0.15, -0.1) is 0 Å². The van der Waals surface area contributed by atoms with Crippen LogP contribution in [0.2, 0.25) is 0 Å². The van der Waals surface area contributed by atoms with E-state index in [9.17, 15) is 4.79 Å². The molecule has 2 aromatic rings. The highest BCUT2D eigenvalue weighted by atomic mass is 32.1. The fourth-order valence-corrected chi connectivity index (χ4v) is 4.82. The van der Waals surface area contributed by atoms with Crippen molar-refractivity contribution in [1.29, 1.82) is 0 Å². The molecule has 2 saturated carbocycles. The summed E-state index contributed by atoms with van der Waals surface area (Å²) in [6.07, 6.45) is 4.96. The van der Waals surface area contributed by atoms with E-state index in [0.29, 0.717) is 12.0 Å². The molecule has 6 nitrogen and oxygen atoms in total. The molecule has 0 radical (unpaired) electrons. The van der Waals surface area contributed by atoms with Crippen LogP contribution in [-0.2, 0) is 16.9 Å². The molecule has 1 aromatic carbocycles. The van der Waals surface area contributed by atoms with Gasteiger partial charge < -0.3 is 9.47 Å². The van der Waals surface area contributed by atoms with E-state index in [0.717, 1.165) is 43.2 Å². The molecule has 0 bridgehead atoms. The van der Waals surface area contributed by atoms with Gasteiger partial charge in [0.25, 0.3) is 0 Å². The van der Waals surface area contributed by atoms with Crippen molar-refractivity contribution >= 4 is 18.1 Å². The fraction of sp³-hybridized carbons (Fsp3) is 0.609. The zero-order chi connectivity index (χ0) is 20.9. The number of rotatable bonds is 6. The lowest BCUT2D eigenvalue weighted by Crippen LogP contribution is -2.53. The molecule has 30 heavy (non-hydrogen) atoms. The van der Waals surface area contributed by atoms with E-state index in [2.05, 4.69) is 9.47 Å². The normalized spacial score (nSPS) is 20.5. The number of benzene rings is 1. The maximum atomic E-state index is 13.2. The average molecular weight is 426 g/mol. The molecule has 0 atom stereocenters. The Balaban J connectivity index is 1.23. The molecule has 1 aromatic heterocycles. The van der Waals surface area contributed by atoms with Crippen molar-refractivity contribution in [3.63, 3.8) is 0 Å². The number of carbonyl (C=O) groups excluding carboxylic acids is 1. The van der Waals surface area contributed by atoms with Crippen molar-refractivity contribution in [2.45, 2.75) is 63.6 Å². The molecule has 3 aliphatic rings. The van der Waals surface area contributed by atoms with Crippen LogP contribution in [0.15, 0.2) is 30.3 Å². The Labute approximate surface area is 183 Å². The number of piperazine rings is 1. The number of aromatic nitrogens is 3. The van der Waals surface area contributed by atoms with Gasteiger partial charge in [-0.05, 0) is 57.3 Å². The van der Waals surface area contributed by atoms with Crippen LogP contribution in [-0.4, -0.2) is 56.2 Å². The van der Waals surface area contributed by atoms with Gasteiger partial charge in [-0.2, -0.15) is 5.10 Å². The monoisotopic (exact) mass is 425 g/mol. The van der Waals surface area contributed by atoms with Gasteiger partial charge in [0.1, 0.15) is 5.82 Å². The molecule has 2 heterocycles. The smallest absolute Gasteiger partial charge is 0.232 e. The van der Waals surface area contributed by atoms with Crippen LogP contribution in [0.3, 0.4) is 0 Å². The highest BCUT2D eigenvalue weighted by molar-refractivity contribution is 7.71. The maximum Gasteiger partial charge on any atom is 0.232 e. The van der Waals surface area contributed by atoms with Crippen molar-refractivity contribution < 1.29 is 4.79 Å². The Hall–Kier alpha value is -1.99. The summed E-state index contributed by atoms with van der Waals surface area (Å²) >= 11 is 5.78. The first kappa shape index (κ1) is 19.9. The predicted molar refractivity (Wildman–Crippen MR) is 119 cm³/mol. The van der Waals surface area contributed by atoms with Gasteiger partial charge >= 0.3 is 0 Å². The molecule has 3 fully saturated rings. The number of carbonyl (C=O) groups is 1. The molecule has 1 amide bonds. The second kappa shape index (κ2) is 7.61. The molecule has 0 spiro atoms. The number of hydrogen-bond donors (Lipinski definition) is 0. The fourth-order valence-electron chi connectivity index (χ4n) is 4.48. The zero-order valence-electron chi connectivity index (χ0n) is 18.0. The Morgan fingerprint density at radius 2 is 1.73 bits per heavy atom. The standard InChI is InChI=1S/C23H31N5OS/c1-23(2,18-6-4-3-5-7-18)21(29)26-14-12-25(13-15-26)16-27-22(30)28(19-10-11-19)20(24-27)17-8-9-17/h3-7,17,19H,8-16H2,1-2H3. The van der Waals surface area contributed by atoms with E-state index in [4.69, 9.17) is 17.3 Å². The highest BCUT2D eigenvalue weighted by Gasteiger charge is 2.37. The summed E-state index contributed by atoms with van der Waals surface area (Å²) < 4.78 is 5.23. The minimum absolute atomic E-state index is 0.207. The Morgan fingerprint density at radius 3 is 2.33 bits per heavy atom. The van der Waals surface area contributed by atoms with Crippen molar-refractivity contribution in [1.82, 2.24) is 24.1 Å². The first-order valence-corrected chi connectivity index (χ1v) is 11.6. The third kappa shape index (κ3) is 3.73. The van der Waals surface area contributed by atoms with Crippen LogP contribution >= 0.6 is 12.2 Å². The Kier molecular flexibility index (Phi) is 5.06. The molecular weight excluding hydrogens is 394 g/mol. The largest absolute Gasteiger partial charge is 0.339 e. The summed E-state index contributed by atoms with van der Waals surface area (Å²) in [5.41, 5.74) is 0.565. The van der Waals surface area contributed by atoms with Crippen LogP contribution in [0.4, 0.5) is 0 Å². The molecule has 0 N–H and O–H groups in total. The van der Waals surface area contributed by atoms with Gasteiger partial charge in [0.05, 0.1) is 12.1 Å². The molecule has 2 aliphatic carbocycles. The van der Waals surface area contributed by atoms with Gasteiger partial charge in [-0.25, -0.2) is 4.68 Å². The highest BCUT2D eigenvalue weighted by Crippen LogP contribution is 2.44. The minimum Gasteiger partial charge on any atom is -0.339 e. The summed E-state index contributed by atoms with van der Waals surface area (Å²) in [6, 6.07) is 10.7. The van der Waals surface area contributed by atoms with E-state index in [1.165, 1.54) is 31.5 Å². The summed E-state index contributed by atoms with van der Waals surface area (Å²) in [4.78, 5) is 17.6. The molecule has 160 valence electrons. The maximum absolute atomic E-state index is 13.2. The number of amides is 1. The Bertz CT molecular complexity index is 979. The van der Waals surface area contributed by atoms with Crippen LogP contribution in [0.25, 0.3) is 0 Å². The van der Waals surface area contributed by atoms with Crippen molar-refractivity contribution in [2.75, 3.05) is 26.2 Å². The minimum atomic E-state index is -0.506. The second-order valence-corrected chi connectivity index (χ2v) is 9.92. The second-order valence-electron chi connectivity index (χ2n) is 9.56. The average Bonchev–Trinajstić information content (AvgIpc) is 3.68. The summed E-state index contributed by atoms with van der Waals surface area (Å²) in [7, 11) is 0. The van der Waals surface area contributed by atoms with Crippen LogP contribution in [0, 0.1) is 4.77 Å². The molecule has 1 aliphatic heterocycles. The van der Waals surface area contributed by atoms with E-state index in [-0.39, 0.29) is 5.91 Å². The van der Waals surface area contributed by atoms with Gasteiger partial charge in [0.15, 0.2) is 4.77 Å². The van der Waals surface area contributed by atoms with Gasteiger partial charge in [-0.1, -0.05) is 30.3 Å². The third-order valence-corrected chi connectivity index (χ3v) is 7.18.